The van der Waals surface area contributed by atoms with Crippen molar-refractivity contribution in [2.24, 2.45) is 0 Å². The van der Waals surface area contributed by atoms with E-state index in [1.54, 1.807) is 0 Å². The summed E-state index contributed by atoms with van der Waals surface area (Å²) in [7, 11) is 5.92. The van der Waals surface area contributed by atoms with E-state index >= 15 is 0 Å². The summed E-state index contributed by atoms with van der Waals surface area (Å²) < 4.78 is 22.8. The summed E-state index contributed by atoms with van der Waals surface area (Å²) in [5, 5.41) is 11.8. The molecule has 0 aliphatic rings. The van der Waals surface area contributed by atoms with Crippen LogP contribution in [0.5, 0.6) is 0 Å². The lowest BCUT2D eigenvalue weighted by Crippen LogP contribution is -2.44. The van der Waals surface area contributed by atoms with E-state index in [1.807, 2.05) is 21.1 Å². The fraction of sp³-hybridized carbons (Fsp3) is 0.662. The summed E-state index contributed by atoms with van der Waals surface area (Å²) in [6, 6.07) is 0. The van der Waals surface area contributed by atoms with E-state index < -0.39 is 24.3 Å². The van der Waals surface area contributed by atoms with Crippen LogP contribution in [0.15, 0.2) is 134 Å². The van der Waals surface area contributed by atoms with Crippen LogP contribution in [0.3, 0.4) is 0 Å². The number of quaternary nitrogens is 1. The third-order valence-electron chi connectivity index (χ3n) is 13.9. The van der Waals surface area contributed by atoms with Crippen LogP contribution < -0.4 is 5.11 Å². The number of carbonyl (C=O) groups is 3. The van der Waals surface area contributed by atoms with E-state index in [2.05, 4.69) is 148 Å². The highest BCUT2D eigenvalue weighted by Gasteiger charge is 2.22. The Balaban J connectivity index is 4.19. The second-order valence-corrected chi connectivity index (χ2v) is 23.0. The summed E-state index contributed by atoms with van der Waals surface area (Å²) in [6.45, 7) is 4.52. The van der Waals surface area contributed by atoms with E-state index in [4.69, 9.17) is 18.9 Å². The Morgan fingerprint density at radius 2 is 0.651 bits per heavy atom. The number of esters is 2. The lowest BCUT2D eigenvalue weighted by Gasteiger charge is -2.26. The van der Waals surface area contributed by atoms with Gasteiger partial charge >= 0.3 is 11.9 Å². The second kappa shape index (κ2) is 63.5. The first kappa shape index (κ1) is 78.4. The number of aliphatic carboxylic acids is 1. The molecule has 0 spiro atoms. The number of allylic oxidation sites excluding steroid dienone is 22. The number of carboxylic acids is 1. The molecule has 0 aromatic carbocycles. The number of carboxylic acid groups (broad SMARTS) is 1. The number of ether oxygens (including phenoxy) is 4. The Hall–Kier alpha value is -4.57. The number of hydrogen-bond acceptors (Lipinski definition) is 8. The molecule has 0 heterocycles. The van der Waals surface area contributed by atoms with E-state index in [1.165, 1.54) is 109 Å². The molecular weight excluding hydrogens is 1030 g/mol. The molecule has 0 aliphatic heterocycles. The van der Waals surface area contributed by atoms with Crippen molar-refractivity contribution >= 4 is 17.9 Å². The van der Waals surface area contributed by atoms with Gasteiger partial charge in [-0.25, -0.2) is 0 Å². The topological polar surface area (TPSA) is 111 Å². The zero-order valence-corrected chi connectivity index (χ0v) is 53.8. The van der Waals surface area contributed by atoms with Gasteiger partial charge in [-0.15, -0.1) is 0 Å². The van der Waals surface area contributed by atoms with E-state index in [9.17, 15) is 19.5 Å². The third-order valence-corrected chi connectivity index (χ3v) is 13.9. The predicted octanol–water partition coefficient (Wildman–Crippen LogP) is 19.2. The molecule has 9 heteroatoms. The Morgan fingerprint density at radius 1 is 0.361 bits per heavy atom. The first-order valence-electron chi connectivity index (χ1n) is 33.3. The summed E-state index contributed by atoms with van der Waals surface area (Å²) in [5.74, 6) is -2.29. The summed E-state index contributed by atoms with van der Waals surface area (Å²) in [5.41, 5.74) is 0. The number of rotatable bonds is 60. The SMILES string of the molecule is CC/C=C\C/C=C\C/C=C\C/C=C\C/C=C\C/C=C\C/C=C\CCCCCCCCCCCCCC(=O)OC(COC(=O)CCCCCCCCCCCCCC/C=C\C/C=C\C/C=C\C/C=C\CC)COC(OCC[N+](C)(C)C)C(=O)[O-]. The Labute approximate surface area is 509 Å². The van der Waals surface area contributed by atoms with Gasteiger partial charge in [0.1, 0.15) is 13.2 Å². The quantitative estimate of drug-likeness (QED) is 0.0195. The molecule has 9 nitrogen and oxygen atoms in total. The van der Waals surface area contributed by atoms with Crippen molar-refractivity contribution in [2.75, 3.05) is 47.5 Å². The fourth-order valence-corrected chi connectivity index (χ4v) is 8.86. The highest BCUT2D eigenvalue weighted by molar-refractivity contribution is 5.70. The van der Waals surface area contributed by atoms with Crippen LogP contribution in [0.4, 0.5) is 0 Å². The minimum atomic E-state index is -1.63. The van der Waals surface area contributed by atoms with Crippen LogP contribution in [0.1, 0.15) is 258 Å². The van der Waals surface area contributed by atoms with Gasteiger partial charge in [0, 0.05) is 12.8 Å². The lowest BCUT2D eigenvalue weighted by atomic mass is 10.0. The van der Waals surface area contributed by atoms with E-state index in [-0.39, 0.29) is 38.6 Å². The van der Waals surface area contributed by atoms with Gasteiger partial charge in [-0.05, 0) is 109 Å². The van der Waals surface area contributed by atoms with Gasteiger partial charge in [-0.1, -0.05) is 270 Å². The zero-order valence-electron chi connectivity index (χ0n) is 53.8. The van der Waals surface area contributed by atoms with E-state index in [0.717, 1.165) is 116 Å². The fourth-order valence-electron chi connectivity index (χ4n) is 8.86. The predicted molar refractivity (Wildman–Crippen MR) is 352 cm³/mol. The van der Waals surface area contributed by atoms with Gasteiger partial charge in [0.15, 0.2) is 12.4 Å². The van der Waals surface area contributed by atoms with Crippen molar-refractivity contribution < 1.29 is 42.9 Å². The maximum atomic E-state index is 12.9. The molecule has 0 amide bonds. The molecule has 0 aliphatic carbocycles. The van der Waals surface area contributed by atoms with Crippen LogP contribution >= 0.6 is 0 Å². The molecule has 0 N–H and O–H groups in total. The molecule has 0 fully saturated rings. The standard InChI is InChI=1S/C74H123NO8/c1-6-8-10-12-14-16-18-20-22-24-26-28-30-32-33-34-35-36-37-38-39-41-43-45-47-49-51-53-55-57-59-61-63-65-72(77)83-70(69-82-74(73(78)79)80-67-66-75(3,4)5)68-81-71(76)64-62-60-58-56-54-52-50-48-46-44-42-40-31-29-27-25-23-21-19-17-15-13-11-9-7-2/h8-11,14-17,20-23,26-29,32-33,35-36,38-39,70,74H,6-7,12-13,18-19,24-25,30-31,34,37,40-69H2,1-5H3/b10-8-,11-9-,16-14-,17-15-,22-20-,23-21-,28-26-,29-27-,33-32-,36-35-,39-38-. The van der Waals surface area contributed by atoms with Crippen LogP contribution in [0.2, 0.25) is 0 Å². The van der Waals surface area contributed by atoms with Gasteiger partial charge < -0.3 is 33.3 Å². The zero-order chi connectivity index (χ0) is 60.5. The van der Waals surface area contributed by atoms with Crippen molar-refractivity contribution in [1.82, 2.24) is 0 Å². The first-order chi connectivity index (χ1) is 40.6. The molecule has 0 aromatic rings. The normalized spacial score (nSPS) is 13.6. The van der Waals surface area contributed by atoms with Crippen molar-refractivity contribution in [2.45, 2.75) is 270 Å². The molecule has 2 atom stereocenters. The van der Waals surface area contributed by atoms with E-state index in [0.29, 0.717) is 17.4 Å². The molecule has 0 rings (SSSR count). The van der Waals surface area contributed by atoms with Gasteiger partial charge in [0.2, 0.25) is 0 Å². The maximum absolute atomic E-state index is 12.9. The summed E-state index contributed by atoms with van der Waals surface area (Å²) in [4.78, 5) is 37.5. The number of carbonyl (C=O) groups excluding carboxylic acids is 3. The molecule has 0 aromatic heterocycles. The average Bonchev–Trinajstić information content (AvgIpc) is 3.46. The molecule has 2 unspecified atom stereocenters. The maximum Gasteiger partial charge on any atom is 0.306 e. The van der Waals surface area contributed by atoms with Crippen molar-refractivity contribution in [1.29, 1.82) is 0 Å². The van der Waals surface area contributed by atoms with Crippen LogP contribution in [-0.2, 0) is 33.3 Å². The van der Waals surface area contributed by atoms with Gasteiger partial charge in [0.25, 0.3) is 0 Å². The number of hydrogen-bond donors (Lipinski definition) is 0. The Morgan fingerprint density at radius 3 is 0.964 bits per heavy atom. The highest BCUT2D eigenvalue weighted by atomic mass is 16.7. The Bertz CT molecular complexity index is 1820. The first-order valence-corrected chi connectivity index (χ1v) is 33.3. The molecule has 0 saturated heterocycles. The average molecular weight is 1150 g/mol. The molecule has 0 radical (unpaired) electrons. The molecule has 0 bridgehead atoms. The van der Waals surface area contributed by atoms with Crippen molar-refractivity contribution in [3.8, 4) is 0 Å². The lowest BCUT2D eigenvalue weighted by molar-refractivity contribution is -0.870. The molecule has 83 heavy (non-hydrogen) atoms. The molecule has 472 valence electrons. The monoisotopic (exact) mass is 1150 g/mol. The highest BCUT2D eigenvalue weighted by Crippen LogP contribution is 2.16. The van der Waals surface area contributed by atoms with Crippen LogP contribution in [0.25, 0.3) is 0 Å². The van der Waals surface area contributed by atoms with Crippen LogP contribution in [0, 0.1) is 0 Å². The van der Waals surface area contributed by atoms with Crippen molar-refractivity contribution in [3.05, 3.63) is 134 Å². The van der Waals surface area contributed by atoms with Gasteiger partial charge in [0.05, 0.1) is 40.3 Å². The van der Waals surface area contributed by atoms with Crippen LogP contribution in [-0.4, -0.2) is 82.3 Å². The minimum absolute atomic E-state index is 0.141. The second-order valence-electron chi connectivity index (χ2n) is 23.0. The largest absolute Gasteiger partial charge is 0.545 e. The summed E-state index contributed by atoms with van der Waals surface area (Å²) in [6.07, 6.45) is 88.0. The van der Waals surface area contributed by atoms with Gasteiger partial charge in [-0.2, -0.15) is 0 Å². The smallest absolute Gasteiger partial charge is 0.306 e. The molecule has 0 saturated carbocycles. The van der Waals surface area contributed by atoms with Gasteiger partial charge in [-0.3, -0.25) is 9.59 Å². The Kier molecular flexibility index (Phi) is 60.0. The minimum Gasteiger partial charge on any atom is -0.545 e. The third kappa shape index (κ3) is 64.8. The number of nitrogens with zero attached hydrogens (tertiary/aromatic N) is 1. The number of unbranched alkanes of at least 4 members (excludes halogenated alkanes) is 23. The number of likely N-dealkylation sites (N-methyl/N-ethyl adjacent to an activating group) is 1. The summed E-state index contributed by atoms with van der Waals surface area (Å²) >= 11 is 0. The van der Waals surface area contributed by atoms with Crippen molar-refractivity contribution in [3.63, 3.8) is 0 Å². The molecular formula is C74H123NO8.